The number of aliphatic carboxylic acids is 1. The van der Waals surface area contributed by atoms with Gasteiger partial charge in [-0.25, -0.2) is 0 Å². The zero-order valence-electron chi connectivity index (χ0n) is 8.05. The predicted octanol–water partition coefficient (Wildman–Crippen LogP) is 0.0114. The number of phenolic OH excluding ortho intramolecular Hbond substituents is 1. The van der Waals surface area contributed by atoms with Gasteiger partial charge < -0.3 is 21.1 Å². The molecule has 0 amide bonds. The van der Waals surface area contributed by atoms with E-state index in [1.165, 1.54) is 18.2 Å². The number of carbonyl (C=O) groups is 1. The van der Waals surface area contributed by atoms with Crippen molar-refractivity contribution in [1.29, 1.82) is 0 Å². The second-order valence-corrected chi connectivity index (χ2v) is 3.25. The van der Waals surface area contributed by atoms with Crippen molar-refractivity contribution in [2.24, 2.45) is 5.73 Å². The van der Waals surface area contributed by atoms with Gasteiger partial charge in [-0.1, -0.05) is 6.07 Å². The maximum atomic E-state index is 10.5. The first kappa shape index (κ1) is 11.5. The second-order valence-electron chi connectivity index (χ2n) is 3.25. The molecule has 5 nitrogen and oxygen atoms in total. The Morgan fingerprint density at radius 2 is 2.13 bits per heavy atom. The number of phenols is 1. The van der Waals surface area contributed by atoms with Gasteiger partial charge in [-0.15, -0.1) is 0 Å². The average molecular weight is 211 g/mol. The number of benzene rings is 1. The number of rotatable bonds is 4. The molecule has 0 spiro atoms. The number of hydrogen-bond acceptors (Lipinski definition) is 4. The van der Waals surface area contributed by atoms with E-state index < -0.39 is 12.0 Å². The van der Waals surface area contributed by atoms with E-state index in [0.717, 1.165) is 0 Å². The Morgan fingerprint density at radius 3 is 2.67 bits per heavy atom. The summed E-state index contributed by atoms with van der Waals surface area (Å²) in [5, 5.41) is 26.8. The number of carboxylic acid groups (broad SMARTS) is 1. The van der Waals surface area contributed by atoms with Crippen LogP contribution < -0.4 is 5.73 Å². The van der Waals surface area contributed by atoms with Crippen LogP contribution >= 0.6 is 0 Å². The summed E-state index contributed by atoms with van der Waals surface area (Å²) in [5.74, 6) is -0.991. The zero-order valence-corrected chi connectivity index (χ0v) is 8.05. The third-order valence-corrected chi connectivity index (χ3v) is 2.04. The number of aliphatic hydroxyl groups is 1. The SMILES string of the molecule is N[C@@H](CO)c1cc(CC(=O)O)ccc1O. The Bertz CT molecular complexity index is 364. The van der Waals surface area contributed by atoms with Gasteiger partial charge in [0.05, 0.1) is 19.1 Å². The second kappa shape index (κ2) is 4.77. The maximum absolute atomic E-state index is 10.5. The minimum Gasteiger partial charge on any atom is -0.508 e. The highest BCUT2D eigenvalue weighted by Gasteiger charge is 2.11. The van der Waals surface area contributed by atoms with Crippen LogP contribution in [0.3, 0.4) is 0 Å². The molecule has 0 bridgehead atoms. The van der Waals surface area contributed by atoms with E-state index in [1.54, 1.807) is 0 Å². The van der Waals surface area contributed by atoms with Crippen LogP contribution in [0.15, 0.2) is 18.2 Å². The van der Waals surface area contributed by atoms with Crippen molar-refractivity contribution < 1.29 is 20.1 Å². The summed E-state index contributed by atoms with van der Waals surface area (Å²) in [4.78, 5) is 10.5. The highest BCUT2D eigenvalue weighted by molar-refractivity contribution is 5.70. The Balaban J connectivity index is 2.99. The standard InChI is InChI=1S/C10H13NO4/c11-8(5-12)7-3-6(4-10(14)15)1-2-9(7)13/h1-3,8,12-13H,4-5,11H2,(H,14,15)/t8-/m0/s1. The first-order valence-electron chi connectivity index (χ1n) is 4.44. The summed E-state index contributed by atoms with van der Waals surface area (Å²) in [7, 11) is 0. The summed E-state index contributed by atoms with van der Waals surface area (Å²) in [6.45, 7) is -0.302. The quantitative estimate of drug-likeness (QED) is 0.561. The van der Waals surface area contributed by atoms with E-state index >= 15 is 0 Å². The van der Waals surface area contributed by atoms with Gasteiger partial charge in [0.2, 0.25) is 0 Å². The van der Waals surface area contributed by atoms with Gasteiger partial charge in [0, 0.05) is 5.56 Å². The molecule has 0 saturated heterocycles. The summed E-state index contributed by atoms with van der Waals surface area (Å²) in [6, 6.07) is 3.68. The van der Waals surface area contributed by atoms with Crippen molar-refractivity contribution in [3.63, 3.8) is 0 Å². The molecule has 0 heterocycles. The zero-order chi connectivity index (χ0) is 11.4. The number of carboxylic acids is 1. The third-order valence-electron chi connectivity index (χ3n) is 2.04. The molecule has 1 aromatic carbocycles. The van der Waals surface area contributed by atoms with Gasteiger partial charge in [0.1, 0.15) is 5.75 Å². The maximum Gasteiger partial charge on any atom is 0.307 e. The molecule has 0 aliphatic heterocycles. The van der Waals surface area contributed by atoms with Crippen LogP contribution in [-0.4, -0.2) is 27.9 Å². The van der Waals surface area contributed by atoms with E-state index in [9.17, 15) is 9.90 Å². The molecule has 0 aromatic heterocycles. The molecule has 5 heteroatoms. The molecule has 1 aromatic rings. The molecule has 1 rings (SSSR count). The molecule has 1 atom stereocenters. The molecule has 5 N–H and O–H groups in total. The molecular weight excluding hydrogens is 198 g/mol. The van der Waals surface area contributed by atoms with Crippen LogP contribution in [0.4, 0.5) is 0 Å². The summed E-state index contributed by atoms with van der Waals surface area (Å²) < 4.78 is 0. The molecule has 82 valence electrons. The lowest BCUT2D eigenvalue weighted by atomic mass is 10.0. The van der Waals surface area contributed by atoms with E-state index in [1.807, 2.05) is 0 Å². The molecular formula is C10H13NO4. The van der Waals surface area contributed by atoms with Crippen LogP contribution in [0.25, 0.3) is 0 Å². The van der Waals surface area contributed by atoms with E-state index in [2.05, 4.69) is 0 Å². The topological polar surface area (TPSA) is 104 Å². The Labute approximate surface area is 86.8 Å². The number of aliphatic hydroxyl groups excluding tert-OH is 1. The average Bonchev–Trinajstić information content (AvgIpc) is 2.19. The fraction of sp³-hybridized carbons (Fsp3) is 0.300. The predicted molar refractivity (Wildman–Crippen MR) is 53.5 cm³/mol. The lowest BCUT2D eigenvalue weighted by Crippen LogP contribution is -2.15. The molecule has 0 fully saturated rings. The smallest absolute Gasteiger partial charge is 0.307 e. The summed E-state index contributed by atoms with van der Waals surface area (Å²) >= 11 is 0. The van der Waals surface area contributed by atoms with Crippen molar-refractivity contribution in [2.45, 2.75) is 12.5 Å². The first-order valence-corrected chi connectivity index (χ1v) is 4.44. The number of hydrogen-bond donors (Lipinski definition) is 4. The Kier molecular flexibility index (Phi) is 3.65. The van der Waals surface area contributed by atoms with Crippen molar-refractivity contribution in [3.05, 3.63) is 29.3 Å². The van der Waals surface area contributed by atoms with Crippen LogP contribution in [0, 0.1) is 0 Å². The van der Waals surface area contributed by atoms with Crippen molar-refractivity contribution in [3.8, 4) is 5.75 Å². The van der Waals surface area contributed by atoms with Gasteiger partial charge >= 0.3 is 5.97 Å². The van der Waals surface area contributed by atoms with Gasteiger partial charge in [-0.3, -0.25) is 4.79 Å². The molecule has 0 radical (unpaired) electrons. The minimum absolute atomic E-state index is 0.0364. The van der Waals surface area contributed by atoms with Gasteiger partial charge in [-0.05, 0) is 17.7 Å². The van der Waals surface area contributed by atoms with Crippen LogP contribution in [0.1, 0.15) is 17.2 Å². The molecule has 0 saturated carbocycles. The lowest BCUT2D eigenvalue weighted by Gasteiger charge is -2.11. The van der Waals surface area contributed by atoms with Gasteiger partial charge in [0.15, 0.2) is 0 Å². The van der Waals surface area contributed by atoms with E-state index in [4.69, 9.17) is 15.9 Å². The molecule has 15 heavy (non-hydrogen) atoms. The Morgan fingerprint density at radius 1 is 1.47 bits per heavy atom. The normalized spacial score (nSPS) is 12.4. The van der Waals surface area contributed by atoms with Crippen LogP contribution in [0.5, 0.6) is 5.75 Å². The van der Waals surface area contributed by atoms with Gasteiger partial charge in [-0.2, -0.15) is 0 Å². The summed E-state index contributed by atoms with van der Waals surface area (Å²) in [5.41, 5.74) is 6.44. The first-order chi connectivity index (χ1) is 7.04. The third kappa shape index (κ3) is 2.93. The number of nitrogens with two attached hydrogens (primary N) is 1. The highest BCUT2D eigenvalue weighted by Crippen LogP contribution is 2.23. The highest BCUT2D eigenvalue weighted by atomic mass is 16.4. The largest absolute Gasteiger partial charge is 0.508 e. The molecule has 0 aliphatic carbocycles. The van der Waals surface area contributed by atoms with Crippen molar-refractivity contribution in [2.75, 3.05) is 6.61 Å². The lowest BCUT2D eigenvalue weighted by molar-refractivity contribution is -0.136. The monoisotopic (exact) mass is 211 g/mol. The van der Waals surface area contributed by atoms with Crippen molar-refractivity contribution >= 4 is 5.97 Å². The van der Waals surface area contributed by atoms with Gasteiger partial charge in [0.25, 0.3) is 0 Å². The Hall–Kier alpha value is -1.59. The molecule has 0 unspecified atom stereocenters. The fourth-order valence-electron chi connectivity index (χ4n) is 1.28. The van der Waals surface area contributed by atoms with Crippen LogP contribution in [0.2, 0.25) is 0 Å². The summed E-state index contributed by atoms with van der Waals surface area (Å²) in [6.07, 6.45) is -0.134. The number of aromatic hydroxyl groups is 1. The minimum atomic E-state index is -0.954. The molecule has 0 aliphatic rings. The van der Waals surface area contributed by atoms with Crippen LogP contribution in [-0.2, 0) is 11.2 Å². The van der Waals surface area contributed by atoms with E-state index in [-0.39, 0.29) is 18.8 Å². The van der Waals surface area contributed by atoms with Crippen molar-refractivity contribution in [1.82, 2.24) is 0 Å². The fourth-order valence-corrected chi connectivity index (χ4v) is 1.28. The van der Waals surface area contributed by atoms with E-state index in [0.29, 0.717) is 11.1 Å².